The number of nitrogens with zero attached hydrogens (tertiary/aromatic N) is 2. The first kappa shape index (κ1) is 13.3. The second kappa shape index (κ2) is 5.54. The molecule has 18 heavy (non-hydrogen) atoms. The van der Waals surface area contributed by atoms with Gasteiger partial charge >= 0.3 is 5.97 Å². The number of nitriles is 1. The third-order valence-corrected chi connectivity index (χ3v) is 2.11. The summed E-state index contributed by atoms with van der Waals surface area (Å²) in [6.07, 6.45) is 0.300. The van der Waals surface area contributed by atoms with E-state index in [4.69, 9.17) is 5.26 Å². The first-order valence-corrected chi connectivity index (χ1v) is 4.90. The SMILES string of the molecule is CCOC(=O)c1cc([N+](=O)[O-])cc(C#N)c1C=O. The van der Waals surface area contributed by atoms with Crippen LogP contribution in [-0.2, 0) is 4.74 Å². The lowest BCUT2D eigenvalue weighted by Crippen LogP contribution is -2.10. The Morgan fingerprint density at radius 1 is 1.61 bits per heavy atom. The van der Waals surface area contributed by atoms with Gasteiger partial charge in [-0.1, -0.05) is 0 Å². The Bertz CT molecular complexity index is 559. The summed E-state index contributed by atoms with van der Waals surface area (Å²) in [5.41, 5.74) is -1.17. The van der Waals surface area contributed by atoms with Crippen molar-refractivity contribution in [1.82, 2.24) is 0 Å². The lowest BCUT2D eigenvalue weighted by Gasteiger charge is -2.05. The van der Waals surface area contributed by atoms with Crippen LogP contribution < -0.4 is 0 Å². The molecule has 1 aromatic carbocycles. The molecule has 0 atom stereocenters. The Kier molecular flexibility index (Phi) is 4.10. The zero-order chi connectivity index (χ0) is 13.7. The number of esters is 1. The monoisotopic (exact) mass is 248 g/mol. The van der Waals surface area contributed by atoms with Gasteiger partial charge in [-0.2, -0.15) is 5.26 Å². The van der Waals surface area contributed by atoms with Crippen LogP contribution in [0.3, 0.4) is 0 Å². The molecule has 0 unspecified atom stereocenters. The Morgan fingerprint density at radius 2 is 2.28 bits per heavy atom. The van der Waals surface area contributed by atoms with Crippen molar-refractivity contribution in [3.63, 3.8) is 0 Å². The highest BCUT2D eigenvalue weighted by Gasteiger charge is 2.21. The lowest BCUT2D eigenvalue weighted by molar-refractivity contribution is -0.384. The molecule has 0 saturated carbocycles. The number of nitro groups is 1. The molecule has 7 nitrogen and oxygen atoms in total. The molecule has 0 N–H and O–H groups in total. The van der Waals surface area contributed by atoms with Crippen molar-refractivity contribution in [1.29, 1.82) is 5.26 Å². The van der Waals surface area contributed by atoms with E-state index in [0.29, 0.717) is 6.29 Å². The summed E-state index contributed by atoms with van der Waals surface area (Å²) in [5, 5.41) is 19.5. The minimum atomic E-state index is -0.875. The van der Waals surface area contributed by atoms with Gasteiger partial charge in [0.05, 0.1) is 22.7 Å². The quantitative estimate of drug-likeness (QED) is 0.345. The molecule has 0 amide bonds. The molecule has 1 rings (SSSR count). The van der Waals surface area contributed by atoms with Crippen LogP contribution >= 0.6 is 0 Å². The van der Waals surface area contributed by atoms with Crippen LogP contribution in [0.25, 0.3) is 0 Å². The average Bonchev–Trinajstić information content (AvgIpc) is 2.37. The minimum Gasteiger partial charge on any atom is -0.462 e. The van der Waals surface area contributed by atoms with Crippen molar-refractivity contribution in [3.05, 3.63) is 38.9 Å². The fraction of sp³-hybridized carbons (Fsp3) is 0.182. The van der Waals surface area contributed by atoms with Gasteiger partial charge in [-0.15, -0.1) is 0 Å². The van der Waals surface area contributed by atoms with Crippen LogP contribution in [-0.4, -0.2) is 23.8 Å². The molecule has 0 aromatic heterocycles. The summed E-state index contributed by atoms with van der Waals surface area (Å²) in [6.45, 7) is 1.61. The predicted octanol–water partition coefficient (Wildman–Crippen LogP) is 1.46. The third kappa shape index (κ3) is 2.49. The maximum absolute atomic E-state index is 11.6. The first-order valence-electron chi connectivity index (χ1n) is 4.90. The number of carbonyl (C=O) groups is 2. The number of ether oxygens (including phenoxy) is 1. The molecule has 7 heteroatoms. The van der Waals surface area contributed by atoms with Crippen LogP contribution in [0.5, 0.6) is 0 Å². The molecule has 1 aromatic rings. The Hall–Kier alpha value is -2.75. The van der Waals surface area contributed by atoms with Crippen molar-refractivity contribution < 1.29 is 19.2 Å². The topological polar surface area (TPSA) is 110 Å². The molecule has 0 aliphatic heterocycles. The van der Waals surface area contributed by atoms with Gasteiger partial charge < -0.3 is 4.74 Å². The van der Waals surface area contributed by atoms with Gasteiger partial charge in [0.25, 0.3) is 5.69 Å². The van der Waals surface area contributed by atoms with Crippen LogP contribution in [0.4, 0.5) is 5.69 Å². The van der Waals surface area contributed by atoms with Crippen LogP contribution in [0.2, 0.25) is 0 Å². The summed E-state index contributed by atoms with van der Waals surface area (Å²) < 4.78 is 4.67. The van der Waals surface area contributed by atoms with Gasteiger partial charge in [0.15, 0.2) is 6.29 Å². The molecule has 0 spiro atoms. The van der Waals surface area contributed by atoms with E-state index >= 15 is 0 Å². The summed E-state index contributed by atoms with van der Waals surface area (Å²) in [7, 11) is 0. The highest BCUT2D eigenvalue weighted by Crippen LogP contribution is 2.22. The molecule has 0 saturated heterocycles. The van der Waals surface area contributed by atoms with Crippen LogP contribution in [0, 0.1) is 21.4 Å². The summed E-state index contributed by atoms with van der Waals surface area (Å²) in [4.78, 5) is 32.3. The van der Waals surface area contributed by atoms with E-state index in [0.717, 1.165) is 12.1 Å². The molecular formula is C11H8N2O5. The first-order chi connectivity index (χ1) is 8.54. The molecule has 0 bridgehead atoms. The molecule has 0 aliphatic carbocycles. The number of rotatable bonds is 4. The van der Waals surface area contributed by atoms with Crippen molar-refractivity contribution in [2.75, 3.05) is 6.61 Å². The van der Waals surface area contributed by atoms with E-state index in [2.05, 4.69) is 4.74 Å². The summed E-state index contributed by atoms with van der Waals surface area (Å²) in [5.74, 6) is -0.875. The van der Waals surface area contributed by atoms with E-state index in [9.17, 15) is 19.7 Å². The molecule has 92 valence electrons. The van der Waals surface area contributed by atoms with Crippen molar-refractivity contribution >= 4 is 17.9 Å². The minimum absolute atomic E-state index is 0.0573. The highest BCUT2D eigenvalue weighted by molar-refractivity contribution is 6.00. The van der Waals surface area contributed by atoms with Crippen molar-refractivity contribution in [2.24, 2.45) is 0 Å². The second-order valence-corrected chi connectivity index (χ2v) is 3.16. The van der Waals surface area contributed by atoms with Gasteiger partial charge in [0.1, 0.15) is 6.07 Å². The van der Waals surface area contributed by atoms with Gasteiger partial charge in [-0.05, 0) is 6.92 Å². The van der Waals surface area contributed by atoms with Gasteiger partial charge in [0, 0.05) is 17.7 Å². The smallest absolute Gasteiger partial charge is 0.339 e. The number of non-ortho nitro benzene ring substituents is 1. The predicted molar refractivity (Wildman–Crippen MR) is 59.2 cm³/mol. The molecule has 0 fully saturated rings. The van der Waals surface area contributed by atoms with E-state index in [1.807, 2.05) is 0 Å². The Balaban J connectivity index is 3.51. The van der Waals surface area contributed by atoms with Crippen LogP contribution in [0.1, 0.15) is 33.2 Å². The molecular weight excluding hydrogens is 240 g/mol. The number of aldehydes is 1. The number of carbonyl (C=O) groups excluding carboxylic acids is 2. The zero-order valence-electron chi connectivity index (χ0n) is 9.37. The van der Waals surface area contributed by atoms with E-state index in [-0.39, 0.29) is 23.3 Å². The van der Waals surface area contributed by atoms with Crippen molar-refractivity contribution in [3.8, 4) is 6.07 Å². The average molecular weight is 248 g/mol. The second-order valence-electron chi connectivity index (χ2n) is 3.16. The van der Waals surface area contributed by atoms with Crippen molar-refractivity contribution in [2.45, 2.75) is 6.92 Å². The van der Waals surface area contributed by atoms with E-state index in [1.54, 1.807) is 13.0 Å². The Labute approximate surface area is 102 Å². The molecule has 0 radical (unpaired) electrons. The number of nitro benzene ring substituents is 1. The fourth-order valence-electron chi connectivity index (χ4n) is 1.34. The standard InChI is InChI=1S/C11H8N2O5/c1-2-18-11(15)9-4-8(13(16)17)3-7(5-12)10(9)6-14/h3-4,6H,2H2,1H3. The Morgan fingerprint density at radius 3 is 2.72 bits per heavy atom. The maximum Gasteiger partial charge on any atom is 0.339 e. The molecule has 0 heterocycles. The van der Waals surface area contributed by atoms with E-state index < -0.39 is 16.6 Å². The van der Waals surface area contributed by atoms with Crippen LogP contribution in [0.15, 0.2) is 12.1 Å². The normalized spacial score (nSPS) is 9.33. The summed E-state index contributed by atoms with van der Waals surface area (Å²) in [6, 6.07) is 3.49. The highest BCUT2D eigenvalue weighted by atomic mass is 16.6. The third-order valence-electron chi connectivity index (χ3n) is 2.11. The number of hydrogen-bond acceptors (Lipinski definition) is 6. The van der Waals surface area contributed by atoms with E-state index in [1.165, 1.54) is 0 Å². The van der Waals surface area contributed by atoms with Gasteiger partial charge in [-0.3, -0.25) is 14.9 Å². The number of hydrogen-bond donors (Lipinski definition) is 0. The van der Waals surface area contributed by atoms with Gasteiger partial charge in [0.2, 0.25) is 0 Å². The maximum atomic E-state index is 11.6. The van der Waals surface area contributed by atoms with Gasteiger partial charge in [-0.25, -0.2) is 4.79 Å². The zero-order valence-corrected chi connectivity index (χ0v) is 9.37. The molecule has 0 aliphatic rings. The number of benzene rings is 1. The largest absolute Gasteiger partial charge is 0.462 e. The lowest BCUT2D eigenvalue weighted by atomic mass is 10.0. The fourth-order valence-corrected chi connectivity index (χ4v) is 1.34. The summed E-state index contributed by atoms with van der Waals surface area (Å²) >= 11 is 0.